The van der Waals surface area contributed by atoms with Crippen LogP contribution in [0.25, 0.3) is 0 Å². The van der Waals surface area contributed by atoms with E-state index in [0.29, 0.717) is 6.04 Å². The largest absolute Gasteiger partial charge is 0.392 e. The Hall–Kier alpha value is -0.740. The lowest BCUT2D eigenvalue weighted by atomic mass is 10.2. The summed E-state index contributed by atoms with van der Waals surface area (Å²) in [5.74, 6) is 2.03. The first kappa shape index (κ1) is 14.3. The number of rotatable bonds is 6. The molecule has 4 heteroatoms. The van der Waals surface area contributed by atoms with Crippen molar-refractivity contribution >= 4 is 17.6 Å². The Morgan fingerprint density at radius 3 is 2.71 bits per heavy atom. The van der Waals surface area contributed by atoms with Gasteiger partial charge in [-0.25, -0.2) is 4.98 Å². The molecule has 3 nitrogen and oxygen atoms in total. The van der Waals surface area contributed by atoms with E-state index in [2.05, 4.69) is 37.0 Å². The van der Waals surface area contributed by atoms with Crippen molar-refractivity contribution in [3.8, 4) is 0 Å². The molecule has 0 saturated heterocycles. The molecule has 1 rings (SSSR count). The molecule has 0 saturated carbocycles. The summed E-state index contributed by atoms with van der Waals surface area (Å²) in [6.45, 7) is 4.35. The van der Waals surface area contributed by atoms with E-state index in [4.69, 9.17) is 0 Å². The molecule has 1 heterocycles. The summed E-state index contributed by atoms with van der Waals surface area (Å²) < 4.78 is 0. The first-order chi connectivity index (χ1) is 8.12. The normalized spacial score (nSPS) is 12.5. The van der Waals surface area contributed by atoms with Crippen molar-refractivity contribution in [3.63, 3.8) is 0 Å². The monoisotopic (exact) mass is 254 g/mol. The quantitative estimate of drug-likeness (QED) is 0.845. The lowest BCUT2D eigenvalue weighted by Crippen LogP contribution is -2.31. The van der Waals surface area contributed by atoms with Crippen molar-refractivity contribution in [2.75, 3.05) is 24.0 Å². The lowest BCUT2D eigenvalue weighted by molar-refractivity contribution is 0.281. The molecular formula is C13H22N2OS. The Bertz CT molecular complexity index is 335. The molecule has 0 amide bonds. The number of aromatic nitrogens is 1. The zero-order valence-corrected chi connectivity index (χ0v) is 11.9. The van der Waals surface area contributed by atoms with Crippen molar-refractivity contribution < 1.29 is 5.11 Å². The van der Waals surface area contributed by atoms with Gasteiger partial charge in [0.1, 0.15) is 5.82 Å². The van der Waals surface area contributed by atoms with Gasteiger partial charge >= 0.3 is 0 Å². The fourth-order valence-corrected chi connectivity index (χ4v) is 2.37. The van der Waals surface area contributed by atoms with E-state index < -0.39 is 0 Å². The third-order valence-corrected chi connectivity index (χ3v) is 3.72. The smallest absolute Gasteiger partial charge is 0.129 e. The van der Waals surface area contributed by atoms with Gasteiger partial charge in [0, 0.05) is 24.5 Å². The Labute approximate surface area is 108 Å². The minimum atomic E-state index is 0.0767. The van der Waals surface area contributed by atoms with Gasteiger partial charge in [-0.1, -0.05) is 6.92 Å². The van der Waals surface area contributed by atoms with Crippen LogP contribution in [0, 0.1) is 0 Å². The fraction of sp³-hybridized carbons (Fsp3) is 0.615. The van der Waals surface area contributed by atoms with Crippen molar-refractivity contribution in [2.24, 2.45) is 0 Å². The van der Waals surface area contributed by atoms with Crippen LogP contribution in [0.5, 0.6) is 0 Å². The van der Waals surface area contributed by atoms with E-state index in [1.54, 1.807) is 0 Å². The number of aryl methyl sites for hydroxylation is 1. The average molecular weight is 254 g/mol. The molecule has 96 valence electrons. The summed E-state index contributed by atoms with van der Waals surface area (Å²) in [6.07, 6.45) is 3.00. The van der Waals surface area contributed by atoms with Gasteiger partial charge in [0.25, 0.3) is 0 Å². The first-order valence-corrected chi connectivity index (χ1v) is 7.34. The predicted octanol–water partition coefficient (Wildman–Crippen LogP) is 2.32. The van der Waals surface area contributed by atoms with Gasteiger partial charge in [0.15, 0.2) is 0 Å². The van der Waals surface area contributed by atoms with Crippen molar-refractivity contribution in [1.82, 2.24) is 4.98 Å². The summed E-state index contributed by atoms with van der Waals surface area (Å²) in [4.78, 5) is 6.78. The van der Waals surface area contributed by atoms with Gasteiger partial charge in [-0.05, 0) is 37.3 Å². The van der Waals surface area contributed by atoms with Gasteiger partial charge in [-0.15, -0.1) is 0 Å². The molecule has 1 N–H and O–H groups in total. The summed E-state index contributed by atoms with van der Waals surface area (Å²) in [6, 6.07) is 4.38. The fourth-order valence-electron chi connectivity index (χ4n) is 1.67. The highest BCUT2D eigenvalue weighted by Crippen LogP contribution is 2.18. The van der Waals surface area contributed by atoms with Crippen LogP contribution in [0.4, 0.5) is 5.82 Å². The second-order valence-electron chi connectivity index (χ2n) is 4.25. The van der Waals surface area contributed by atoms with Gasteiger partial charge in [-0.3, -0.25) is 0 Å². The number of aliphatic hydroxyl groups excluding tert-OH is 1. The minimum Gasteiger partial charge on any atom is -0.392 e. The van der Waals surface area contributed by atoms with Crippen LogP contribution < -0.4 is 4.90 Å². The second-order valence-corrected chi connectivity index (χ2v) is 5.16. The highest BCUT2D eigenvalue weighted by atomic mass is 32.2. The van der Waals surface area contributed by atoms with E-state index in [-0.39, 0.29) is 6.61 Å². The zero-order valence-electron chi connectivity index (χ0n) is 11.1. The second kappa shape index (κ2) is 6.87. The number of thioether (sulfide) groups is 1. The Morgan fingerprint density at radius 1 is 1.47 bits per heavy atom. The van der Waals surface area contributed by atoms with Crippen LogP contribution in [0.2, 0.25) is 0 Å². The molecule has 0 spiro atoms. The molecule has 17 heavy (non-hydrogen) atoms. The van der Waals surface area contributed by atoms with Crippen molar-refractivity contribution in [2.45, 2.75) is 32.9 Å². The maximum atomic E-state index is 9.26. The summed E-state index contributed by atoms with van der Waals surface area (Å²) in [7, 11) is 2.06. The standard InChI is InChI=1S/C13H22N2OS/c1-5-12-6-11(8-16)7-13(14-12)15(3)10(2)9-17-4/h6-7,10,16H,5,8-9H2,1-4H3. The number of hydrogen-bond donors (Lipinski definition) is 1. The highest BCUT2D eigenvalue weighted by Gasteiger charge is 2.12. The van der Waals surface area contributed by atoms with Gasteiger partial charge in [-0.2, -0.15) is 11.8 Å². The Morgan fingerprint density at radius 2 is 2.18 bits per heavy atom. The van der Waals surface area contributed by atoms with Gasteiger partial charge in [0.2, 0.25) is 0 Å². The first-order valence-electron chi connectivity index (χ1n) is 5.94. The number of nitrogens with zero attached hydrogens (tertiary/aromatic N) is 2. The van der Waals surface area contributed by atoms with E-state index in [0.717, 1.165) is 29.2 Å². The predicted molar refractivity (Wildman–Crippen MR) is 75.8 cm³/mol. The van der Waals surface area contributed by atoms with E-state index in [1.165, 1.54) is 0 Å². The number of aliphatic hydroxyl groups is 1. The van der Waals surface area contributed by atoms with Crippen molar-refractivity contribution in [1.29, 1.82) is 0 Å². The minimum absolute atomic E-state index is 0.0767. The summed E-state index contributed by atoms with van der Waals surface area (Å²) in [5, 5.41) is 9.26. The third-order valence-electron chi connectivity index (χ3n) is 2.90. The molecule has 0 radical (unpaired) electrons. The maximum Gasteiger partial charge on any atom is 0.129 e. The molecule has 0 fully saturated rings. The molecule has 1 aromatic rings. The highest BCUT2D eigenvalue weighted by molar-refractivity contribution is 7.98. The topological polar surface area (TPSA) is 36.4 Å². The number of pyridine rings is 1. The molecule has 1 unspecified atom stereocenters. The van der Waals surface area contributed by atoms with E-state index >= 15 is 0 Å². The molecule has 1 atom stereocenters. The third kappa shape index (κ3) is 3.89. The van der Waals surface area contributed by atoms with E-state index in [9.17, 15) is 5.11 Å². The molecule has 0 aliphatic heterocycles. The van der Waals surface area contributed by atoms with Crippen LogP contribution in [0.1, 0.15) is 25.1 Å². The Kier molecular flexibility index (Phi) is 5.78. The molecule has 0 aromatic carbocycles. The number of anilines is 1. The molecular weight excluding hydrogens is 232 g/mol. The van der Waals surface area contributed by atoms with Crippen molar-refractivity contribution in [3.05, 3.63) is 23.4 Å². The summed E-state index contributed by atoms with van der Waals surface area (Å²) >= 11 is 1.83. The van der Waals surface area contributed by atoms with Crippen LogP contribution >= 0.6 is 11.8 Å². The van der Waals surface area contributed by atoms with Crippen LogP contribution in [0.3, 0.4) is 0 Å². The molecule has 0 bridgehead atoms. The van der Waals surface area contributed by atoms with Crippen LogP contribution in [0.15, 0.2) is 12.1 Å². The van der Waals surface area contributed by atoms with Crippen LogP contribution in [-0.2, 0) is 13.0 Å². The Balaban J connectivity index is 2.95. The zero-order chi connectivity index (χ0) is 12.8. The molecule has 0 aliphatic carbocycles. The maximum absolute atomic E-state index is 9.26. The average Bonchev–Trinajstić information content (AvgIpc) is 2.37. The molecule has 0 aliphatic rings. The SMILES string of the molecule is CCc1cc(CO)cc(N(C)C(C)CSC)n1. The van der Waals surface area contributed by atoms with E-state index in [1.807, 2.05) is 23.9 Å². The summed E-state index contributed by atoms with van der Waals surface area (Å²) in [5.41, 5.74) is 1.98. The van der Waals surface area contributed by atoms with Gasteiger partial charge < -0.3 is 10.0 Å². The lowest BCUT2D eigenvalue weighted by Gasteiger charge is -2.26. The van der Waals surface area contributed by atoms with Crippen LogP contribution in [-0.4, -0.2) is 35.2 Å². The molecule has 1 aromatic heterocycles. The van der Waals surface area contributed by atoms with Gasteiger partial charge in [0.05, 0.1) is 6.61 Å². The number of hydrogen-bond acceptors (Lipinski definition) is 4.